The molecule has 1 fully saturated rings. The van der Waals surface area contributed by atoms with Gasteiger partial charge in [-0.3, -0.25) is 4.79 Å². The van der Waals surface area contributed by atoms with Crippen LogP contribution in [0.4, 0.5) is 0 Å². The van der Waals surface area contributed by atoms with Crippen LogP contribution in [0.3, 0.4) is 0 Å². The molecule has 110 valence electrons. The smallest absolute Gasteiger partial charge is 0.302 e. The minimum atomic E-state index is -1.17. The van der Waals surface area contributed by atoms with Crippen molar-refractivity contribution < 1.29 is 29.2 Å². The van der Waals surface area contributed by atoms with Gasteiger partial charge in [0.2, 0.25) is 0 Å². The summed E-state index contributed by atoms with van der Waals surface area (Å²) in [5.41, 5.74) is 0.932. The summed E-state index contributed by atoms with van der Waals surface area (Å²) >= 11 is 0. The number of rotatable bonds is 5. The van der Waals surface area contributed by atoms with Gasteiger partial charge in [-0.15, -0.1) is 0 Å². The highest BCUT2D eigenvalue weighted by molar-refractivity contribution is 5.65. The monoisotopic (exact) mass is 282 g/mol. The first-order chi connectivity index (χ1) is 9.58. The fraction of sp³-hybridized carbons (Fsp3) is 0.500. The van der Waals surface area contributed by atoms with Crippen LogP contribution in [0.5, 0.6) is 0 Å². The SMILES string of the molecule is CC(=O)OC[C@H]1O[C@H](OCc2ccccc2)[C@@H](O)[C@@H]1O. The van der Waals surface area contributed by atoms with Gasteiger partial charge in [0.1, 0.15) is 24.9 Å². The summed E-state index contributed by atoms with van der Waals surface area (Å²) in [7, 11) is 0. The van der Waals surface area contributed by atoms with E-state index in [0.717, 1.165) is 5.56 Å². The zero-order valence-corrected chi connectivity index (χ0v) is 11.1. The number of carbonyl (C=O) groups is 1. The molecule has 6 nitrogen and oxygen atoms in total. The van der Waals surface area contributed by atoms with Crippen LogP contribution in [0.2, 0.25) is 0 Å². The van der Waals surface area contributed by atoms with Crippen LogP contribution in [-0.2, 0) is 25.6 Å². The Morgan fingerprint density at radius 2 is 1.95 bits per heavy atom. The van der Waals surface area contributed by atoms with E-state index in [1.807, 2.05) is 30.3 Å². The first kappa shape index (κ1) is 14.9. The number of ether oxygens (including phenoxy) is 3. The van der Waals surface area contributed by atoms with Gasteiger partial charge in [-0.25, -0.2) is 0 Å². The van der Waals surface area contributed by atoms with Crippen molar-refractivity contribution in [2.24, 2.45) is 0 Å². The summed E-state index contributed by atoms with van der Waals surface area (Å²) in [6.07, 6.45) is -4.03. The van der Waals surface area contributed by atoms with Gasteiger partial charge < -0.3 is 24.4 Å². The molecule has 1 heterocycles. The zero-order valence-electron chi connectivity index (χ0n) is 11.1. The second-order valence-electron chi connectivity index (χ2n) is 4.62. The predicted molar refractivity (Wildman–Crippen MR) is 68.5 cm³/mol. The van der Waals surface area contributed by atoms with Gasteiger partial charge in [0.15, 0.2) is 6.29 Å². The molecule has 0 aromatic heterocycles. The van der Waals surface area contributed by atoms with Crippen molar-refractivity contribution in [1.29, 1.82) is 0 Å². The van der Waals surface area contributed by atoms with Gasteiger partial charge in [-0.05, 0) is 5.56 Å². The van der Waals surface area contributed by atoms with Gasteiger partial charge in [0.05, 0.1) is 6.61 Å². The Hall–Kier alpha value is -1.47. The number of benzene rings is 1. The molecule has 1 aromatic rings. The zero-order chi connectivity index (χ0) is 14.5. The molecule has 0 spiro atoms. The van der Waals surface area contributed by atoms with Crippen molar-refractivity contribution in [3.05, 3.63) is 35.9 Å². The van der Waals surface area contributed by atoms with Gasteiger partial charge in [0, 0.05) is 6.92 Å². The lowest BCUT2D eigenvalue weighted by Crippen LogP contribution is -2.35. The van der Waals surface area contributed by atoms with E-state index >= 15 is 0 Å². The second-order valence-corrected chi connectivity index (χ2v) is 4.62. The van der Waals surface area contributed by atoms with Crippen molar-refractivity contribution in [3.8, 4) is 0 Å². The van der Waals surface area contributed by atoms with Crippen molar-refractivity contribution in [1.82, 2.24) is 0 Å². The van der Waals surface area contributed by atoms with Gasteiger partial charge >= 0.3 is 5.97 Å². The van der Waals surface area contributed by atoms with E-state index in [-0.39, 0.29) is 13.2 Å². The highest BCUT2D eigenvalue weighted by Gasteiger charge is 2.43. The highest BCUT2D eigenvalue weighted by Crippen LogP contribution is 2.23. The molecule has 2 N–H and O–H groups in total. The van der Waals surface area contributed by atoms with Gasteiger partial charge in [0.25, 0.3) is 0 Å². The molecule has 1 aliphatic rings. The molecule has 4 atom stereocenters. The Labute approximate surface area is 116 Å². The first-order valence-electron chi connectivity index (χ1n) is 6.38. The molecular weight excluding hydrogens is 264 g/mol. The van der Waals surface area contributed by atoms with Crippen LogP contribution in [0.25, 0.3) is 0 Å². The van der Waals surface area contributed by atoms with E-state index < -0.39 is 30.6 Å². The molecule has 0 unspecified atom stereocenters. The van der Waals surface area contributed by atoms with Crippen molar-refractivity contribution in [2.45, 2.75) is 38.1 Å². The Kier molecular flexibility index (Phi) is 5.08. The molecule has 0 radical (unpaired) electrons. The number of esters is 1. The average molecular weight is 282 g/mol. The van der Waals surface area contributed by atoms with Crippen LogP contribution in [0.1, 0.15) is 12.5 Å². The lowest BCUT2D eigenvalue weighted by molar-refractivity contribution is -0.180. The number of hydrogen-bond acceptors (Lipinski definition) is 6. The van der Waals surface area contributed by atoms with Crippen LogP contribution in [-0.4, -0.2) is 47.4 Å². The maximum Gasteiger partial charge on any atom is 0.302 e. The molecule has 1 aromatic carbocycles. The predicted octanol–water partition coefficient (Wildman–Crippen LogP) is 0.213. The molecule has 6 heteroatoms. The molecular formula is C14H18O6. The number of aliphatic hydroxyl groups excluding tert-OH is 2. The minimum Gasteiger partial charge on any atom is -0.463 e. The lowest BCUT2D eigenvalue weighted by Gasteiger charge is -2.15. The van der Waals surface area contributed by atoms with Gasteiger partial charge in [-0.2, -0.15) is 0 Å². The van der Waals surface area contributed by atoms with Crippen molar-refractivity contribution >= 4 is 5.97 Å². The Balaban J connectivity index is 1.85. The Bertz CT molecular complexity index is 435. The number of aliphatic hydroxyl groups is 2. The highest BCUT2D eigenvalue weighted by atomic mass is 16.7. The summed E-state index contributed by atoms with van der Waals surface area (Å²) in [5, 5.41) is 19.6. The Morgan fingerprint density at radius 1 is 1.25 bits per heavy atom. The van der Waals surface area contributed by atoms with E-state index in [1.54, 1.807) is 0 Å². The van der Waals surface area contributed by atoms with Gasteiger partial charge in [-0.1, -0.05) is 30.3 Å². The third-order valence-corrected chi connectivity index (χ3v) is 3.03. The molecule has 0 aliphatic carbocycles. The van der Waals surface area contributed by atoms with E-state index in [4.69, 9.17) is 14.2 Å². The fourth-order valence-corrected chi connectivity index (χ4v) is 1.94. The van der Waals surface area contributed by atoms with E-state index in [2.05, 4.69) is 0 Å². The number of carbonyl (C=O) groups excluding carboxylic acids is 1. The average Bonchev–Trinajstić information content (AvgIpc) is 2.72. The molecule has 1 aliphatic heterocycles. The van der Waals surface area contributed by atoms with Crippen molar-refractivity contribution in [3.63, 3.8) is 0 Å². The van der Waals surface area contributed by atoms with Crippen molar-refractivity contribution in [2.75, 3.05) is 6.61 Å². The maximum absolute atomic E-state index is 10.7. The normalized spacial score (nSPS) is 29.4. The van der Waals surface area contributed by atoms with Crippen LogP contribution in [0, 0.1) is 0 Å². The summed E-state index contributed by atoms with van der Waals surface area (Å²) in [5.74, 6) is -0.469. The van der Waals surface area contributed by atoms with E-state index in [1.165, 1.54) is 6.92 Å². The number of hydrogen-bond donors (Lipinski definition) is 2. The quantitative estimate of drug-likeness (QED) is 0.751. The minimum absolute atomic E-state index is 0.112. The molecule has 0 bridgehead atoms. The van der Waals surface area contributed by atoms with Crippen LogP contribution < -0.4 is 0 Å². The van der Waals surface area contributed by atoms with E-state index in [9.17, 15) is 15.0 Å². The molecule has 0 saturated carbocycles. The standard InChI is InChI=1S/C14H18O6/c1-9(15)18-8-11-12(16)13(17)14(20-11)19-7-10-5-3-2-4-6-10/h2-6,11-14,16-17H,7-8H2,1H3/t11-,12-,13+,14+/m1/s1. The second kappa shape index (κ2) is 6.81. The van der Waals surface area contributed by atoms with E-state index in [0.29, 0.717) is 0 Å². The lowest BCUT2D eigenvalue weighted by atomic mass is 10.1. The summed E-state index contributed by atoms with van der Waals surface area (Å²) in [6.45, 7) is 1.41. The maximum atomic E-state index is 10.7. The molecule has 2 rings (SSSR count). The third kappa shape index (κ3) is 3.77. The summed E-state index contributed by atoms with van der Waals surface area (Å²) < 4.78 is 15.6. The van der Waals surface area contributed by atoms with Crippen LogP contribution in [0.15, 0.2) is 30.3 Å². The molecule has 0 amide bonds. The first-order valence-corrected chi connectivity index (χ1v) is 6.38. The Morgan fingerprint density at radius 3 is 2.60 bits per heavy atom. The molecule has 20 heavy (non-hydrogen) atoms. The summed E-state index contributed by atoms with van der Waals surface area (Å²) in [6, 6.07) is 9.41. The fourth-order valence-electron chi connectivity index (χ4n) is 1.94. The third-order valence-electron chi connectivity index (χ3n) is 3.03. The largest absolute Gasteiger partial charge is 0.463 e. The molecule has 1 saturated heterocycles. The van der Waals surface area contributed by atoms with Crippen LogP contribution >= 0.6 is 0 Å². The topological polar surface area (TPSA) is 85.2 Å². The summed E-state index contributed by atoms with van der Waals surface area (Å²) in [4.78, 5) is 10.7.